The SMILES string of the molecule is Cc1noc(C)c1NC(=O)N1CCO[C@@H](C(F)(F)F)C1. The monoisotopic (exact) mass is 293 g/mol. The third-order valence-electron chi connectivity index (χ3n) is 2.98. The Morgan fingerprint density at radius 1 is 1.45 bits per heavy atom. The van der Waals surface area contributed by atoms with Gasteiger partial charge in [0.1, 0.15) is 11.4 Å². The van der Waals surface area contributed by atoms with Gasteiger partial charge in [-0.3, -0.25) is 0 Å². The van der Waals surface area contributed by atoms with Crippen molar-refractivity contribution in [2.45, 2.75) is 26.1 Å². The average Bonchev–Trinajstić information content (AvgIpc) is 2.69. The summed E-state index contributed by atoms with van der Waals surface area (Å²) in [7, 11) is 0. The summed E-state index contributed by atoms with van der Waals surface area (Å²) in [5.41, 5.74) is 0.849. The molecular formula is C11H14F3N3O3. The van der Waals surface area contributed by atoms with E-state index in [0.29, 0.717) is 17.1 Å². The number of alkyl halides is 3. The number of nitrogens with zero attached hydrogens (tertiary/aromatic N) is 2. The summed E-state index contributed by atoms with van der Waals surface area (Å²) in [4.78, 5) is 13.0. The van der Waals surface area contributed by atoms with E-state index in [4.69, 9.17) is 4.52 Å². The molecule has 0 radical (unpaired) electrons. The van der Waals surface area contributed by atoms with Gasteiger partial charge < -0.3 is 19.5 Å². The fourth-order valence-corrected chi connectivity index (χ4v) is 1.88. The number of morpholine rings is 1. The van der Waals surface area contributed by atoms with Crippen molar-refractivity contribution in [3.8, 4) is 0 Å². The minimum absolute atomic E-state index is 0.0990. The first-order valence-corrected chi connectivity index (χ1v) is 5.96. The van der Waals surface area contributed by atoms with Gasteiger partial charge in [0.2, 0.25) is 0 Å². The topological polar surface area (TPSA) is 67.6 Å². The standard InChI is InChI=1S/C11H14F3N3O3/c1-6-9(7(2)20-16-6)15-10(18)17-3-4-19-8(5-17)11(12,13)14/h8H,3-5H2,1-2H3,(H,15,18)/t8-/m1/s1. The van der Waals surface area contributed by atoms with Crippen LogP contribution in [0.5, 0.6) is 0 Å². The van der Waals surface area contributed by atoms with Gasteiger partial charge in [0.05, 0.1) is 13.2 Å². The summed E-state index contributed by atoms with van der Waals surface area (Å²) in [6.45, 7) is 2.65. The quantitative estimate of drug-likeness (QED) is 0.861. The lowest BCUT2D eigenvalue weighted by Crippen LogP contribution is -2.52. The van der Waals surface area contributed by atoms with Crippen LogP contribution in [-0.4, -0.2) is 48.1 Å². The molecule has 0 aromatic carbocycles. The Bertz CT molecular complexity index is 481. The van der Waals surface area contributed by atoms with Crippen molar-refractivity contribution >= 4 is 11.7 Å². The van der Waals surface area contributed by atoms with Gasteiger partial charge in [0, 0.05) is 6.54 Å². The zero-order chi connectivity index (χ0) is 14.9. The number of amides is 2. The predicted molar refractivity (Wildman–Crippen MR) is 62.4 cm³/mol. The first-order chi connectivity index (χ1) is 9.29. The van der Waals surface area contributed by atoms with Gasteiger partial charge >= 0.3 is 12.2 Å². The van der Waals surface area contributed by atoms with Crippen LogP contribution in [0.4, 0.5) is 23.7 Å². The predicted octanol–water partition coefficient (Wildman–Crippen LogP) is 2.09. The Morgan fingerprint density at radius 3 is 2.70 bits per heavy atom. The van der Waals surface area contributed by atoms with E-state index in [1.807, 2.05) is 0 Å². The highest BCUT2D eigenvalue weighted by molar-refractivity contribution is 5.90. The molecule has 2 amide bonds. The highest BCUT2D eigenvalue weighted by Crippen LogP contribution is 2.26. The number of ether oxygens (including phenoxy) is 1. The lowest BCUT2D eigenvalue weighted by Gasteiger charge is -2.33. The number of urea groups is 1. The molecule has 1 aliphatic heterocycles. The van der Waals surface area contributed by atoms with Crippen LogP contribution < -0.4 is 5.32 Å². The zero-order valence-electron chi connectivity index (χ0n) is 11.0. The number of nitrogens with one attached hydrogen (secondary N) is 1. The van der Waals surface area contributed by atoms with Gasteiger partial charge in [-0.25, -0.2) is 4.79 Å². The molecule has 0 spiro atoms. The van der Waals surface area contributed by atoms with Crippen LogP contribution in [0.1, 0.15) is 11.5 Å². The minimum Gasteiger partial charge on any atom is -0.365 e. The third kappa shape index (κ3) is 3.03. The molecule has 2 heterocycles. The molecule has 1 atom stereocenters. The molecule has 112 valence electrons. The molecule has 6 nitrogen and oxygen atoms in total. The molecule has 0 aliphatic carbocycles. The van der Waals surface area contributed by atoms with E-state index in [1.165, 1.54) is 0 Å². The maximum absolute atomic E-state index is 12.6. The van der Waals surface area contributed by atoms with Gasteiger partial charge in [0.25, 0.3) is 0 Å². The zero-order valence-corrected chi connectivity index (χ0v) is 11.0. The van der Waals surface area contributed by atoms with Crippen molar-refractivity contribution in [3.05, 3.63) is 11.5 Å². The Kier molecular flexibility index (Phi) is 3.89. The highest BCUT2D eigenvalue weighted by Gasteiger charge is 2.44. The van der Waals surface area contributed by atoms with Crippen LogP contribution in [0, 0.1) is 13.8 Å². The summed E-state index contributed by atoms with van der Waals surface area (Å²) in [5.74, 6) is 0.400. The Balaban J connectivity index is 2.03. The van der Waals surface area contributed by atoms with Crippen molar-refractivity contribution in [1.82, 2.24) is 10.1 Å². The normalized spacial score (nSPS) is 20.1. The van der Waals surface area contributed by atoms with Gasteiger partial charge in [-0.15, -0.1) is 0 Å². The van der Waals surface area contributed by atoms with E-state index >= 15 is 0 Å². The number of anilines is 1. The number of rotatable bonds is 1. The van der Waals surface area contributed by atoms with Gasteiger partial charge in [-0.1, -0.05) is 5.16 Å². The molecule has 1 N–H and O–H groups in total. The first-order valence-electron chi connectivity index (χ1n) is 5.96. The van der Waals surface area contributed by atoms with Crippen molar-refractivity contribution in [2.75, 3.05) is 25.0 Å². The number of aromatic nitrogens is 1. The summed E-state index contributed by atoms with van der Waals surface area (Å²) in [6, 6.07) is -0.628. The van der Waals surface area contributed by atoms with Gasteiger partial charge in [-0.2, -0.15) is 13.2 Å². The van der Waals surface area contributed by atoms with Crippen LogP contribution in [0.15, 0.2) is 4.52 Å². The van der Waals surface area contributed by atoms with Crippen LogP contribution in [0.2, 0.25) is 0 Å². The van der Waals surface area contributed by atoms with Crippen LogP contribution >= 0.6 is 0 Å². The molecule has 0 unspecified atom stereocenters. The van der Waals surface area contributed by atoms with Crippen molar-refractivity contribution < 1.29 is 27.2 Å². The van der Waals surface area contributed by atoms with E-state index in [1.54, 1.807) is 13.8 Å². The smallest absolute Gasteiger partial charge is 0.365 e. The van der Waals surface area contributed by atoms with Gasteiger partial charge in [0.15, 0.2) is 11.9 Å². The number of hydrogen-bond acceptors (Lipinski definition) is 4. The summed E-state index contributed by atoms with van der Waals surface area (Å²) < 4.78 is 47.2. The maximum atomic E-state index is 12.6. The van der Waals surface area contributed by atoms with Crippen LogP contribution in [-0.2, 0) is 4.74 Å². The number of aryl methyl sites for hydroxylation is 2. The van der Waals surface area contributed by atoms with Crippen molar-refractivity contribution in [3.63, 3.8) is 0 Å². The average molecular weight is 293 g/mol. The molecule has 1 fully saturated rings. The van der Waals surface area contributed by atoms with Crippen LogP contribution in [0.3, 0.4) is 0 Å². The Hall–Kier alpha value is -1.77. The summed E-state index contributed by atoms with van der Waals surface area (Å²) in [5, 5.41) is 6.16. The number of carbonyl (C=O) groups is 1. The Labute approximate surface area is 112 Å². The molecule has 0 bridgehead atoms. The summed E-state index contributed by atoms with van der Waals surface area (Å²) in [6.07, 6.45) is -6.44. The molecule has 1 saturated heterocycles. The van der Waals surface area contributed by atoms with Gasteiger partial charge in [-0.05, 0) is 13.8 Å². The van der Waals surface area contributed by atoms with Crippen LogP contribution in [0.25, 0.3) is 0 Å². The maximum Gasteiger partial charge on any atom is 0.416 e. The molecule has 1 aromatic rings. The highest BCUT2D eigenvalue weighted by atomic mass is 19.4. The molecule has 9 heteroatoms. The van der Waals surface area contributed by atoms with E-state index < -0.39 is 24.9 Å². The van der Waals surface area contributed by atoms with E-state index in [2.05, 4.69) is 15.2 Å². The lowest BCUT2D eigenvalue weighted by molar-refractivity contribution is -0.233. The largest absolute Gasteiger partial charge is 0.416 e. The minimum atomic E-state index is -4.48. The van der Waals surface area contributed by atoms with E-state index in [0.717, 1.165) is 4.90 Å². The van der Waals surface area contributed by atoms with E-state index in [9.17, 15) is 18.0 Å². The molecule has 0 saturated carbocycles. The third-order valence-corrected chi connectivity index (χ3v) is 2.98. The second-order valence-electron chi connectivity index (χ2n) is 4.48. The molecule has 1 aromatic heterocycles. The lowest BCUT2D eigenvalue weighted by atomic mass is 10.2. The second kappa shape index (κ2) is 5.31. The van der Waals surface area contributed by atoms with Crippen molar-refractivity contribution in [2.24, 2.45) is 0 Å². The molecular weight excluding hydrogens is 279 g/mol. The van der Waals surface area contributed by atoms with Crippen molar-refractivity contribution in [1.29, 1.82) is 0 Å². The number of carbonyl (C=O) groups excluding carboxylic acids is 1. The summed E-state index contributed by atoms with van der Waals surface area (Å²) >= 11 is 0. The Morgan fingerprint density at radius 2 is 2.15 bits per heavy atom. The fourth-order valence-electron chi connectivity index (χ4n) is 1.88. The number of halogens is 3. The molecule has 2 rings (SSSR count). The first kappa shape index (κ1) is 14.6. The second-order valence-corrected chi connectivity index (χ2v) is 4.48. The number of hydrogen-bond donors (Lipinski definition) is 1. The van der Waals surface area contributed by atoms with E-state index in [-0.39, 0.29) is 13.2 Å². The molecule has 1 aliphatic rings. The molecule has 20 heavy (non-hydrogen) atoms. The fraction of sp³-hybridized carbons (Fsp3) is 0.636.